The number of hydrogen-bond donors (Lipinski definition) is 0. The van der Waals surface area contributed by atoms with Crippen LogP contribution in [-0.2, 0) is 30.2 Å². The van der Waals surface area contributed by atoms with Gasteiger partial charge in [-0.3, -0.25) is 0 Å². The number of ether oxygens (including phenoxy) is 4. The highest BCUT2D eigenvalue weighted by atomic mass is 16.7. The van der Waals surface area contributed by atoms with Gasteiger partial charge in [-0.15, -0.1) is 0 Å². The van der Waals surface area contributed by atoms with E-state index >= 15 is 0 Å². The molecule has 302 valence electrons. The van der Waals surface area contributed by atoms with Crippen molar-refractivity contribution in [3.05, 3.63) is 119 Å². The molecule has 0 aromatic heterocycles. The molecule has 0 bridgehead atoms. The van der Waals surface area contributed by atoms with E-state index in [2.05, 4.69) is 106 Å². The molecule has 0 aliphatic heterocycles. The number of rotatable bonds is 10. The Morgan fingerprint density at radius 2 is 0.842 bits per heavy atom. The first-order valence-electron chi connectivity index (χ1n) is 20.0. The van der Waals surface area contributed by atoms with Crippen LogP contribution >= 0.6 is 0 Å². The molecule has 4 rings (SSSR count). The van der Waals surface area contributed by atoms with Gasteiger partial charge in [-0.1, -0.05) is 36.8 Å². The van der Waals surface area contributed by atoms with E-state index < -0.39 is 11.9 Å². The molecule has 1 aliphatic carbocycles. The fourth-order valence-electron chi connectivity index (χ4n) is 7.87. The second kappa shape index (κ2) is 18.9. The summed E-state index contributed by atoms with van der Waals surface area (Å²) in [6, 6.07) is 0. The zero-order valence-electron chi connectivity index (χ0n) is 37.0. The summed E-state index contributed by atoms with van der Waals surface area (Å²) in [4.78, 5) is 23.5. The summed E-state index contributed by atoms with van der Waals surface area (Å²) in [5.74, 6) is 14.8. The van der Waals surface area contributed by atoms with Gasteiger partial charge in [0.05, 0.1) is 6.10 Å². The summed E-state index contributed by atoms with van der Waals surface area (Å²) in [5, 5.41) is 0. The Hall–Kier alpha value is -5.04. The Bertz CT molecular complexity index is 2170. The monoisotopic (exact) mass is 770 g/mol. The Balaban J connectivity index is 1.57. The van der Waals surface area contributed by atoms with Crippen molar-refractivity contribution >= 4 is 11.9 Å². The van der Waals surface area contributed by atoms with E-state index in [9.17, 15) is 9.59 Å². The van der Waals surface area contributed by atoms with E-state index in [1.54, 1.807) is 13.8 Å². The lowest BCUT2D eigenvalue weighted by atomic mass is 9.79. The summed E-state index contributed by atoms with van der Waals surface area (Å²) in [6.45, 7) is 36.0. The number of carbonyl (C=O) groups excluding carboxylic acids is 2. The third-order valence-corrected chi connectivity index (χ3v) is 12.5. The third kappa shape index (κ3) is 9.92. The predicted molar refractivity (Wildman–Crippen MR) is 231 cm³/mol. The number of benzene rings is 3. The quantitative estimate of drug-likeness (QED) is 0.0885. The van der Waals surface area contributed by atoms with E-state index in [4.69, 9.17) is 18.9 Å². The molecule has 6 heteroatoms. The second-order valence-electron chi connectivity index (χ2n) is 16.1. The maximum atomic E-state index is 11.9. The van der Waals surface area contributed by atoms with Gasteiger partial charge in [-0.2, -0.15) is 0 Å². The van der Waals surface area contributed by atoms with Crippen LogP contribution < -0.4 is 4.74 Å². The number of carbonyl (C=O) groups is 2. The van der Waals surface area contributed by atoms with Gasteiger partial charge >= 0.3 is 11.9 Å². The maximum Gasteiger partial charge on any atom is 0.335 e. The van der Waals surface area contributed by atoms with Crippen LogP contribution in [0.3, 0.4) is 0 Å². The molecular weight excluding hydrogens is 709 g/mol. The molecule has 0 atom stereocenters. The Labute approximate surface area is 342 Å². The van der Waals surface area contributed by atoms with Crippen LogP contribution in [-0.4, -0.2) is 31.6 Å². The maximum absolute atomic E-state index is 11.9. The molecular formula is C51H62O6. The van der Waals surface area contributed by atoms with Gasteiger partial charge in [0.2, 0.25) is 6.79 Å². The minimum absolute atomic E-state index is 0.0119. The standard InChI is InChI=1S/C51H62O6/c1-28(2)50(52)56-26-54-43-19-17-42(18-20-43)25-48-36(11)34(9)46(35(10)37(48)12)22-21-44-30(5)32(7)45(33(8)31(44)6)23-24-47-38(13)40(15)49(41(16)39(47)14)55-27-57-51(53)29(3)4/h42-43H,1,3,17-20,25-27H2,2,4-16H3. The van der Waals surface area contributed by atoms with Crippen LogP contribution in [0, 0.1) is 113 Å². The molecule has 0 N–H and O–H groups in total. The molecule has 1 fully saturated rings. The van der Waals surface area contributed by atoms with Crippen LogP contribution in [0.1, 0.15) is 134 Å². The third-order valence-electron chi connectivity index (χ3n) is 12.5. The molecule has 0 radical (unpaired) electrons. The highest BCUT2D eigenvalue weighted by Gasteiger charge is 2.25. The van der Waals surface area contributed by atoms with Gasteiger partial charge in [0, 0.05) is 33.4 Å². The Morgan fingerprint density at radius 3 is 1.21 bits per heavy atom. The molecule has 0 spiro atoms. The van der Waals surface area contributed by atoms with Crippen LogP contribution in [0.15, 0.2) is 24.3 Å². The van der Waals surface area contributed by atoms with Crippen molar-refractivity contribution in [2.24, 2.45) is 5.92 Å². The fraction of sp³-hybridized carbons (Fsp3) is 0.451. The first kappa shape index (κ1) is 44.7. The number of esters is 2. The molecule has 1 aliphatic rings. The Kier molecular flexibility index (Phi) is 14.8. The molecule has 0 unspecified atom stereocenters. The van der Waals surface area contributed by atoms with E-state index in [1.165, 1.54) is 27.8 Å². The first-order valence-corrected chi connectivity index (χ1v) is 20.0. The predicted octanol–water partition coefficient (Wildman–Crippen LogP) is 10.8. The molecule has 3 aromatic rings. The molecule has 3 aromatic carbocycles. The van der Waals surface area contributed by atoms with Crippen molar-refractivity contribution in [1.29, 1.82) is 0 Å². The van der Waals surface area contributed by atoms with Crippen molar-refractivity contribution in [2.75, 3.05) is 13.6 Å². The average molecular weight is 771 g/mol. The number of hydrogen-bond acceptors (Lipinski definition) is 6. The molecule has 6 nitrogen and oxygen atoms in total. The van der Waals surface area contributed by atoms with Crippen LogP contribution in [0.5, 0.6) is 5.75 Å². The van der Waals surface area contributed by atoms with Gasteiger partial charge in [0.15, 0.2) is 6.79 Å². The van der Waals surface area contributed by atoms with Crippen LogP contribution in [0.25, 0.3) is 0 Å². The van der Waals surface area contributed by atoms with Crippen molar-refractivity contribution in [3.8, 4) is 29.4 Å². The van der Waals surface area contributed by atoms with E-state index in [1.807, 2.05) is 13.8 Å². The smallest absolute Gasteiger partial charge is 0.335 e. The van der Waals surface area contributed by atoms with Crippen molar-refractivity contribution in [1.82, 2.24) is 0 Å². The first-order chi connectivity index (χ1) is 26.8. The van der Waals surface area contributed by atoms with Gasteiger partial charge < -0.3 is 18.9 Å². The van der Waals surface area contributed by atoms with Crippen molar-refractivity contribution in [3.63, 3.8) is 0 Å². The largest absolute Gasteiger partial charge is 0.457 e. The highest BCUT2D eigenvalue weighted by Crippen LogP contribution is 2.35. The highest BCUT2D eigenvalue weighted by molar-refractivity contribution is 5.87. The SMILES string of the molecule is C=C(C)C(=O)OCOc1c(C)c(C)c(C#Cc2c(C)c(C)c(C#Cc3c(C)c(C)c(CC4CCC(OCOC(=O)C(=C)C)CC4)c(C)c3C)c(C)c2C)c(C)c1C. The molecule has 0 heterocycles. The van der Waals surface area contributed by atoms with Crippen LogP contribution in [0.2, 0.25) is 0 Å². The lowest BCUT2D eigenvalue weighted by molar-refractivity contribution is -0.158. The second-order valence-corrected chi connectivity index (χ2v) is 16.1. The summed E-state index contributed by atoms with van der Waals surface area (Å²) in [5.41, 5.74) is 20.1. The van der Waals surface area contributed by atoms with E-state index in [0.29, 0.717) is 22.8 Å². The molecule has 0 amide bonds. The van der Waals surface area contributed by atoms with Gasteiger partial charge in [0.1, 0.15) is 5.75 Å². The van der Waals surface area contributed by atoms with Crippen molar-refractivity contribution in [2.45, 2.75) is 135 Å². The van der Waals surface area contributed by atoms with E-state index in [0.717, 1.165) is 98.9 Å². The molecule has 0 saturated heterocycles. The fourth-order valence-corrected chi connectivity index (χ4v) is 7.87. The summed E-state index contributed by atoms with van der Waals surface area (Å²) in [7, 11) is 0. The minimum atomic E-state index is -0.476. The molecule has 1 saturated carbocycles. The van der Waals surface area contributed by atoms with E-state index in [-0.39, 0.29) is 19.7 Å². The molecule has 57 heavy (non-hydrogen) atoms. The van der Waals surface area contributed by atoms with Gasteiger partial charge in [-0.05, 0) is 207 Å². The summed E-state index contributed by atoms with van der Waals surface area (Å²) >= 11 is 0. The average Bonchev–Trinajstić information content (AvgIpc) is 3.17. The minimum Gasteiger partial charge on any atom is -0.457 e. The topological polar surface area (TPSA) is 71.1 Å². The zero-order chi connectivity index (χ0) is 42.5. The zero-order valence-corrected chi connectivity index (χ0v) is 37.0. The summed E-state index contributed by atoms with van der Waals surface area (Å²) < 4.78 is 22.1. The van der Waals surface area contributed by atoms with Gasteiger partial charge in [-0.25, -0.2) is 9.59 Å². The Morgan fingerprint density at radius 1 is 0.509 bits per heavy atom. The van der Waals surface area contributed by atoms with Crippen molar-refractivity contribution < 1.29 is 28.5 Å². The lowest BCUT2D eigenvalue weighted by Gasteiger charge is -2.30. The normalized spacial score (nSPS) is 14.8. The van der Waals surface area contributed by atoms with Crippen LogP contribution in [0.4, 0.5) is 0 Å². The van der Waals surface area contributed by atoms with Gasteiger partial charge in [0.25, 0.3) is 0 Å². The lowest BCUT2D eigenvalue weighted by Crippen LogP contribution is -2.25. The summed E-state index contributed by atoms with van der Waals surface area (Å²) in [6.07, 6.45) is 5.28.